The molecule has 1 atom stereocenters. The summed E-state index contributed by atoms with van der Waals surface area (Å²) in [6.45, 7) is 9.21. The van der Waals surface area contributed by atoms with Gasteiger partial charge in [-0.15, -0.1) is 0 Å². The first-order chi connectivity index (χ1) is 8.33. The maximum Gasteiger partial charge on any atom is 0.129 e. The van der Waals surface area contributed by atoms with Crippen LogP contribution in [0.2, 0.25) is 0 Å². The normalized spacial score (nSPS) is 13.7. The lowest BCUT2D eigenvalue weighted by molar-refractivity contribution is 0.306. The van der Waals surface area contributed by atoms with Crippen molar-refractivity contribution in [2.75, 3.05) is 6.54 Å². The highest BCUT2D eigenvalue weighted by Crippen LogP contribution is 2.24. The molecular weight excluding hydrogens is 232 g/mol. The van der Waals surface area contributed by atoms with Crippen molar-refractivity contribution in [3.63, 3.8) is 0 Å². The van der Waals surface area contributed by atoms with Crippen LogP contribution in [0.5, 0.6) is 0 Å². The zero-order valence-corrected chi connectivity index (χ0v) is 11.7. The van der Waals surface area contributed by atoms with Gasteiger partial charge < -0.3 is 5.32 Å². The Bertz CT molecular complexity index is 362. The Morgan fingerprint density at radius 1 is 1.17 bits per heavy atom. The van der Waals surface area contributed by atoms with Gasteiger partial charge in [0.15, 0.2) is 0 Å². The summed E-state index contributed by atoms with van der Waals surface area (Å²) in [6.07, 6.45) is 1.28. The average Bonchev–Trinajstić information content (AvgIpc) is 2.21. The van der Waals surface area contributed by atoms with E-state index < -0.39 is 11.6 Å². The van der Waals surface area contributed by atoms with Crippen LogP contribution >= 0.6 is 0 Å². The Morgan fingerprint density at radius 3 is 2.17 bits per heavy atom. The summed E-state index contributed by atoms with van der Waals surface area (Å²) < 4.78 is 27.2. The van der Waals surface area contributed by atoms with E-state index in [0.29, 0.717) is 6.42 Å². The first kappa shape index (κ1) is 15.1. The molecule has 0 aliphatic heterocycles. The van der Waals surface area contributed by atoms with E-state index >= 15 is 0 Å². The number of hydrogen-bond acceptors (Lipinski definition) is 1. The summed E-state index contributed by atoms with van der Waals surface area (Å²) in [7, 11) is 0. The van der Waals surface area contributed by atoms with Crippen LogP contribution in [0.25, 0.3) is 0 Å². The van der Waals surface area contributed by atoms with Crippen molar-refractivity contribution in [3.05, 3.63) is 35.4 Å². The molecule has 102 valence electrons. The Labute approximate surface area is 109 Å². The molecule has 0 bridgehead atoms. The molecule has 1 N–H and O–H groups in total. The van der Waals surface area contributed by atoms with Crippen LogP contribution in [0.4, 0.5) is 8.78 Å². The van der Waals surface area contributed by atoms with Crippen LogP contribution < -0.4 is 5.32 Å². The molecule has 0 aliphatic rings. The van der Waals surface area contributed by atoms with Crippen LogP contribution in [0, 0.1) is 17.0 Å². The van der Waals surface area contributed by atoms with Gasteiger partial charge in [0, 0.05) is 11.6 Å². The third-order valence-corrected chi connectivity index (χ3v) is 2.86. The molecule has 0 fully saturated rings. The minimum absolute atomic E-state index is 0.0985. The number of nitrogens with one attached hydrogen (secondary N) is 1. The van der Waals surface area contributed by atoms with Gasteiger partial charge in [-0.3, -0.25) is 0 Å². The van der Waals surface area contributed by atoms with E-state index in [4.69, 9.17) is 0 Å². The topological polar surface area (TPSA) is 12.0 Å². The molecule has 0 saturated carbocycles. The van der Waals surface area contributed by atoms with E-state index in [1.165, 1.54) is 18.2 Å². The minimum atomic E-state index is -0.452. The SMILES string of the molecule is CCNC(Cc1c(F)cccc1F)CC(C)(C)C. The van der Waals surface area contributed by atoms with Gasteiger partial charge in [0.05, 0.1) is 0 Å². The quantitative estimate of drug-likeness (QED) is 0.841. The second-order valence-electron chi connectivity index (χ2n) is 5.92. The molecule has 0 radical (unpaired) electrons. The highest BCUT2D eigenvalue weighted by atomic mass is 19.1. The molecule has 0 saturated heterocycles. The number of likely N-dealkylation sites (N-methyl/N-ethyl adjacent to an activating group) is 1. The molecule has 18 heavy (non-hydrogen) atoms. The van der Waals surface area contributed by atoms with E-state index in [1.807, 2.05) is 6.92 Å². The highest BCUT2D eigenvalue weighted by molar-refractivity contribution is 5.20. The van der Waals surface area contributed by atoms with E-state index in [1.54, 1.807) is 0 Å². The van der Waals surface area contributed by atoms with Crippen LogP contribution in [0.1, 0.15) is 39.7 Å². The second kappa shape index (κ2) is 6.28. The maximum absolute atomic E-state index is 13.6. The van der Waals surface area contributed by atoms with Crippen molar-refractivity contribution in [1.29, 1.82) is 0 Å². The summed E-state index contributed by atoms with van der Waals surface area (Å²) in [5.41, 5.74) is 0.321. The molecule has 0 heterocycles. The third-order valence-electron chi connectivity index (χ3n) is 2.86. The number of rotatable bonds is 5. The molecule has 1 nitrogen and oxygen atoms in total. The second-order valence-corrected chi connectivity index (χ2v) is 5.92. The van der Waals surface area contributed by atoms with Gasteiger partial charge in [-0.1, -0.05) is 33.8 Å². The van der Waals surface area contributed by atoms with Crippen molar-refractivity contribution in [2.24, 2.45) is 5.41 Å². The molecule has 3 heteroatoms. The number of hydrogen-bond donors (Lipinski definition) is 1. The predicted molar refractivity (Wildman–Crippen MR) is 71.6 cm³/mol. The van der Waals surface area contributed by atoms with Crippen molar-refractivity contribution >= 4 is 0 Å². The van der Waals surface area contributed by atoms with Gasteiger partial charge >= 0.3 is 0 Å². The van der Waals surface area contributed by atoms with Gasteiger partial charge in [-0.2, -0.15) is 0 Å². The fourth-order valence-electron chi connectivity index (χ4n) is 2.22. The lowest BCUT2D eigenvalue weighted by atomic mass is 9.85. The molecule has 1 aromatic rings. The molecular formula is C15H23F2N. The molecule has 0 aromatic heterocycles. The monoisotopic (exact) mass is 255 g/mol. The van der Waals surface area contributed by atoms with Gasteiger partial charge in [-0.05, 0) is 36.9 Å². The summed E-state index contributed by atoms with van der Waals surface area (Å²) in [4.78, 5) is 0. The summed E-state index contributed by atoms with van der Waals surface area (Å²) in [5.74, 6) is -0.904. The van der Waals surface area contributed by atoms with Crippen molar-refractivity contribution in [1.82, 2.24) is 5.32 Å². The zero-order valence-electron chi connectivity index (χ0n) is 11.7. The minimum Gasteiger partial charge on any atom is -0.314 e. The van der Waals surface area contributed by atoms with Crippen LogP contribution in [0.3, 0.4) is 0 Å². The molecule has 1 unspecified atom stereocenters. The Morgan fingerprint density at radius 2 is 1.72 bits per heavy atom. The van der Waals surface area contributed by atoms with Crippen molar-refractivity contribution in [3.8, 4) is 0 Å². The molecule has 0 aliphatic carbocycles. The molecule has 0 amide bonds. The smallest absolute Gasteiger partial charge is 0.129 e. The molecule has 1 aromatic carbocycles. The fourth-order valence-corrected chi connectivity index (χ4v) is 2.22. The predicted octanol–water partition coefficient (Wildman–Crippen LogP) is 3.92. The first-order valence-corrected chi connectivity index (χ1v) is 6.49. The van der Waals surface area contributed by atoms with E-state index in [0.717, 1.165) is 13.0 Å². The van der Waals surface area contributed by atoms with Crippen molar-refractivity contribution in [2.45, 2.75) is 46.6 Å². The number of halogens is 2. The third kappa shape index (κ3) is 4.73. The van der Waals surface area contributed by atoms with E-state index in [-0.39, 0.29) is 17.0 Å². The van der Waals surface area contributed by atoms with Crippen LogP contribution in [0.15, 0.2) is 18.2 Å². The fraction of sp³-hybridized carbons (Fsp3) is 0.600. The molecule has 0 spiro atoms. The standard InChI is InChI=1S/C15H23F2N/c1-5-18-11(10-15(2,3)4)9-12-13(16)7-6-8-14(12)17/h6-8,11,18H,5,9-10H2,1-4H3. The summed E-state index contributed by atoms with van der Waals surface area (Å²) in [5, 5.41) is 3.31. The Kier molecular flexibility index (Phi) is 5.27. The maximum atomic E-state index is 13.6. The van der Waals surface area contributed by atoms with Gasteiger partial charge in [-0.25, -0.2) is 8.78 Å². The highest BCUT2D eigenvalue weighted by Gasteiger charge is 2.21. The lowest BCUT2D eigenvalue weighted by Gasteiger charge is -2.27. The zero-order chi connectivity index (χ0) is 13.8. The van der Waals surface area contributed by atoms with Gasteiger partial charge in [0.2, 0.25) is 0 Å². The largest absolute Gasteiger partial charge is 0.314 e. The first-order valence-electron chi connectivity index (χ1n) is 6.49. The Balaban J connectivity index is 2.83. The van der Waals surface area contributed by atoms with Crippen LogP contribution in [-0.4, -0.2) is 12.6 Å². The van der Waals surface area contributed by atoms with E-state index in [2.05, 4.69) is 26.1 Å². The van der Waals surface area contributed by atoms with Gasteiger partial charge in [0.25, 0.3) is 0 Å². The average molecular weight is 255 g/mol. The van der Waals surface area contributed by atoms with E-state index in [9.17, 15) is 8.78 Å². The summed E-state index contributed by atoms with van der Waals surface area (Å²) >= 11 is 0. The summed E-state index contributed by atoms with van der Waals surface area (Å²) in [6, 6.07) is 4.14. The molecule has 1 rings (SSSR count). The van der Waals surface area contributed by atoms with Crippen molar-refractivity contribution < 1.29 is 8.78 Å². The number of benzene rings is 1. The Hall–Kier alpha value is -0.960. The van der Waals surface area contributed by atoms with Gasteiger partial charge in [0.1, 0.15) is 11.6 Å². The lowest BCUT2D eigenvalue weighted by Crippen LogP contribution is -2.35. The van der Waals surface area contributed by atoms with Crippen LogP contribution in [-0.2, 0) is 6.42 Å².